The lowest BCUT2D eigenvalue weighted by atomic mass is 9.88. The molecule has 5 heterocycles. The number of benzene rings is 4. The second-order valence-electron chi connectivity index (χ2n) is 16.1. The number of piperidine rings is 1. The summed E-state index contributed by atoms with van der Waals surface area (Å²) in [5.74, 6) is 0.475. The maximum absolute atomic E-state index is 15.0. The van der Waals surface area contributed by atoms with Gasteiger partial charge in [0.25, 0.3) is 11.7 Å². The minimum Gasteiger partial charge on any atom is -0.444 e. The molecule has 285 valence electrons. The number of imidazole rings is 1. The van der Waals surface area contributed by atoms with Crippen LogP contribution >= 0.6 is 11.6 Å². The molecular formula is C43H40ClFN5O5Si. The van der Waals surface area contributed by atoms with Crippen LogP contribution in [-0.2, 0) is 33.8 Å². The third-order valence-electron chi connectivity index (χ3n) is 12.3. The summed E-state index contributed by atoms with van der Waals surface area (Å²) in [4.78, 5) is 33.8. The fourth-order valence-corrected chi connectivity index (χ4v) is 9.49. The first-order valence-electron chi connectivity index (χ1n) is 19.3. The molecule has 1 spiro atoms. The fourth-order valence-electron chi connectivity index (χ4n) is 8.96. The Bertz CT molecular complexity index is 2470. The molecule has 4 aliphatic heterocycles. The van der Waals surface area contributed by atoms with Crippen LogP contribution in [-0.4, -0.2) is 61.4 Å². The Balaban J connectivity index is 0.861. The molecule has 0 bridgehead atoms. The number of nitrogens with zero attached hydrogens (tertiary/aromatic N) is 3. The van der Waals surface area contributed by atoms with Crippen molar-refractivity contribution < 1.29 is 28.2 Å². The van der Waals surface area contributed by atoms with Gasteiger partial charge in [0.2, 0.25) is 5.91 Å². The molecule has 3 fully saturated rings. The summed E-state index contributed by atoms with van der Waals surface area (Å²) in [6.07, 6.45) is 4.32. The minimum absolute atomic E-state index is 0.0352. The maximum atomic E-state index is 15.0. The van der Waals surface area contributed by atoms with E-state index in [1.54, 1.807) is 19.1 Å². The molecule has 5 aromatic rings. The predicted octanol–water partition coefficient (Wildman–Crippen LogP) is 7.68. The smallest absolute Gasteiger partial charge is 0.278 e. The van der Waals surface area contributed by atoms with Gasteiger partial charge in [-0.2, -0.15) is 0 Å². The summed E-state index contributed by atoms with van der Waals surface area (Å²) in [6, 6.07) is 20.0. The first-order valence-corrected chi connectivity index (χ1v) is 20.1. The predicted molar refractivity (Wildman–Crippen MR) is 211 cm³/mol. The molecule has 1 aliphatic carbocycles. The van der Waals surface area contributed by atoms with Crippen molar-refractivity contribution in [2.45, 2.75) is 81.4 Å². The lowest BCUT2D eigenvalue weighted by Crippen LogP contribution is -2.48. The van der Waals surface area contributed by atoms with Gasteiger partial charge < -0.3 is 29.4 Å². The first kappa shape index (κ1) is 35.6. The molecule has 2 N–H and O–H groups in total. The number of nitrogens with one attached hydrogen (secondary N) is 2. The lowest BCUT2D eigenvalue weighted by molar-refractivity contribution is -0.117. The molecule has 56 heavy (non-hydrogen) atoms. The zero-order valence-corrected chi connectivity index (χ0v) is 32.9. The summed E-state index contributed by atoms with van der Waals surface area (Å²) in [7, 11) is 3.88. The van der Waals surface area contributed by atoms with E-state index >= 15 is 0 Å². The van der Waals surface area contributed by atoms with Crippen LogP contribution in [0.4, 0.5) is 15.8 Å². The number of rotatable bonds is 8. The third-order valence-corrected chi connectivity index (χ3v) is 13.1. The van der Waals surface area contributed by atoms with E-state index in [2.05, 4.69) is 36.4 Å². The summed E-state index contributed by atoms with van der Waals surface area (Å²) in [5, 5.41) is 5.97. The van der Waals surface area contributed by atoms with Crippen LogP contribution in [0.3, 0.4) is 0 Å². The monoisotopic (exact) mass is 788 g/mol. The molecule has 1 saturated carbocycles. The van der Waals surface area contributed by atoms with Crippen molar-refractivity contribution in [1.82, 2.24) is 14.5 Å². The Labute approximate surface area is 332 Å². The van der Waals surface area contributed by atoms with E-state index in [-0.39, 0.29) is 17.7 Å². The molecule has 2 saturated heterocycles. The number of anilines is 2. The third kappa shape index (κ3) is 5.91. The Morgan fingerprint density at radius 1 is 1.05 bits per heavy atom. The molecule has 1 aromatic heterocycles. The van der Waals surface area contributed by atoms with Crippen LogP contribution in [0.1, 0.15) is 83.4 Å². The Kier molecular flexibility index (Phi) is 8.20. The van der Waals surface area contributed by atoms with E-state index < -0.39 is 22.2 Å². The van der Waals surface area contributed by atoms with Crippen molar-refractivity contribution >= 4 is 56.1 Å². The zero-order valence-electron chi connectivity index (χ0n) is 31.1. The lowest BCUT2D eigenvalue weighted by Gasteiger charge is -2.39. The molecule has 3 radical (unpaired) electrons. The quantitative estimate of drug-likeness (QED) is 0.156. The topological polar surface area (TPSA) is 107 Å². The van der Waals surface area contributed by atoms with Crippen LogP contribution in [0.15, 0.2) is 66.7 Å². The molecule has 2 atom stereocenters. The number of aromatic nitrogens is 2. The van der Waals surface area contributed by atoms with Gasteiger partial charge in [0.15, 0.2) is 11.5 Å². The molecule has 1 unspecified atom stereocenters. The standard InChI is InChI=1S/C43H40ClFN5O5Si/c1-24-18-26(19-31-37(24)48-40(52)42(31)12-13-42)39(51)46-28-7-9-34-33(21-28)47-36(50(34)23-43(56)14-17-53-43)22-49-15-10-25(11-16-49)29-4-3-5-35-38(29)55-41(2,54-35)30-8-6-27(44)20-32(30)45/h3-9,18-21,25H,10-17,22-23H2,1-2H3,(H,46,51)(H,48,52)/t41?,43-/m1/s1. The summed E-state index contributed by atoms with van der Waals surface area (Å²) < 4.78 is 35.8. The van der Waals surface area contributed by atoms with Gasteiger partial charge in [0.1, 0.15) is 11.6 Å². The van der Waals surface area contributed by atoms with E-state index in [4.69, 9.17) is 30.8 Å². The first-order chi connectivity index (χ1) is 26.9. The highest BCUT2D eigenvalue weighted by Crippen LogP contribution is 2.56. The number of aryl methyl sites for hydroxylation is 1. The summed E-state index contributed by atoms with van der Waals surface area (Å²) in [5.41, 5.74) is 6.49. The number of amides is 2. The van der Waals surface area contributed by atoms with Gasteiger partial charge in [-0.15, -0.1) is 0 Å². The maximum Gasteiger partial charge on any atom is 0.278 e. The van der Waals surface area contributed by atoms with E-state index in [0.717, 1.165) is 84.4 Å². The summed E-state index contributed by atoms with van der Waals surface area (Å²) >= 11 is 6.02. The molecule has 13 heteroatoms. The molecule has 2 amide bonds. The van der Waals surface area contributed by atoms with Gasteiger partial charge in [-0.1, -0.05) is 23.7 Å². The van der Waals surface area contributed by atoms with Gasteiger partial charge in [0.05, 0.1) is 44.0 Å². The highest BCUT2D eigenvalue weighted by Gasteiger charge is 2.56. The molecule has 5 aliphatic rings. The average molecular weight is 789 g/mol. The number of hydrogen-bond acceptors (Lipinski definition) is 7. The largest absolute Gasteiger partial charge is 0.444 e. The fraction of sp³-hybridized carbons (Fsp3) is 0.372. The van der Waals surface area contributed by atoms with Crippen LogP contribution < -0.4 is 20.1 Å². The second kappa shape index (κ2) is 12.9. The van der Waals surface area contributed by atoms with Crippen LogP contribution in [0.2, 0.25) is 5.02 Å². The van der Waals surface area contributed by atoms with Gasteiger partial charge in [-0.25, -0.2) is 9.37 Å². The van der Waals surface area contributed by atoms with Crippen molar-refractivity contribution in [3.8, 4) is 11.5 Å². The number of hydrogen-bond donors (Lipinski definition) is 2. The van der Waals surface area contributed by atoms with Crippen molar-refractivity contribution in [2.75, 3.05) is 30.3 Å². The molecule has 10 nitrogen and oxygen atoms in total. The summed E-state index contributed by atoms with van der Waals surface area (Å²) in [6.45, 7) is 7.31. The zero-order chi connectivity index (χ0) is 38.6. The molecular weight excluding hydrogens is 749 g/mol. The van der Waals surface area contributed by atoms with Crippen molar-refractivity contribution in [1.29, 1.82) is 0 Å². The number of para-hydroxylation sites is 1. The number of carbonyl (C=O) groups excluding carboxylic acids is 2. The molecule has 10 rings (SSSR count). The molecule has 4 aromatic carbocycles. The van der Waals surface area contributed by atoms with Crippen molar-refractivity contribution in [3.63, 3.8) is 0 Å². The Hall–Kier alpha value is -4.75. The normalized spacial score (nSPS) is 23.6. The highest BCUT2D eigenvalue weighted by molar-refractivity contribution is 6.30. The van der Waals surface area contributed by atoms with Crippen molar-refractivity contribution in [2.24, 2.45) is 0 Å². The Morgan fingerprint density at radius 3 is 2.59 bits per heavy atom. The van der Waals surface area contributed by atoms with Crippen LogP contribution in [0.25, 0.3) is 11.0 Å². The van der Waals surface area contributed by atoms with E-state index in [9.17, 15) is 14.0 Å². The van der Waals surface area contributed by atoms with E-state index in [0.29, 0.717) is 53.0 Å². The number of likely N-dealkylation sites (tertiary alicyclic amines) is 1. The average Bonchev–Trinajstić information content (AvgIpc) is 3.70. The number of ether oxygens (including phenoxy) is 3. The van der Waals surface area contributed by atoms with Crippen molar-refractivity contribution in [3.05, 3.63) is 111 Å². The van der Waals surface area contributed by atoms with Gasteiger partial charge >= 0.3 is 0 Å². The number of halogens is 2. The van der Waals surface area contributed by atoms with E-state index in [1.165, 1.54) is 6.07 Å². The SMILES string of the molecule is Cc1cc(C(=O)Nc2ccc3c(c2)nc(CN2CCC(c4cccc5c4OC(C)(c4ccc(Cl)cc4F)O5)CC2)n3C[C@]2([Si])CCO2)cc2c1NC(=O)C21CC1. The minimum atomic E-state index is -1.30. The number of fused-ring (bicyclic) bond motifs is 4. The number of carbonyl (C=O) groups is 2. The van der Waals surface area contributed by atoms with Crippen LogP contribution in [0, 0.1) is 12.7 Å². The van der Waals surface area contributed by atoms with E-state index in [1.807, 2.05) is 49.4 Å². The van der Waals surface area contributed by atoms with Gasteiger partial charge in [-0.3, -0.25) is 14.5 Å². The van der Waals surface area contributed by atoms with Gasteiger partial charge in [-0.05, 0) is 124 Å². The van der Waals surface area contributed by atoms with Gasteiger partial charge in [0, 0.05) is 47.6 Å². The van der Waals surface area contributed by atoms with Crippen LogP contribution in [0.5, 0.6) is 11.5 Å². The highest BCUT2D eigenvalue weighted by atomic mass is 35.5. The Morgan fingerprint density at radius 2 is 1.86 bits per heavy atom. The second-order valence-corrected chi connectivity index (χ2v) is 17.5.